The molecule has 0 bridgehead atoms. The van der Waals surface area contributed by atoms with Gasteiger partial charge in [0.2, 0.25) is 0 Å². The molecule has 2 heterocycles. The van der Waals surface area contributed by atoms with Gasteiger partial charge >= 0.3 is 6.03 Å². The first-order chi connectivity index (χ1) is 11.1. The van der Waals surface area contributed by atoms with Crippen LogP contribution < -0.4 is 10.6 Å². The van der Waals surface area contributed by atoms with E-state index in [1.807, 2.05) is 38.2 Å². The highest BCUT2D eigenvalue weighted by molar-refractivity contribution is 5.73. The van der Waals surface area contributed by atoms with Crippen LogP contribution in [0.2, 0.25) is 0 Å². The molecule has 2 rings (SSSR count). The third-order valence-corrected chi connectivity index (χ3v) is 3.90. The first-order valence-corrected chi connectivity index (χ1v) is 7.75. The summed E-state index contributed by atoms with van der Waals surface area (Å²) in [6.45, 7) is 4.41. The largest absolute Gasteiger partial charge is 0.388 e. The van der Waals surface area contributed by atoms with E-state index in [1.165, 1.54) is 0 Å². The Kier molecular flexibility index (Phi) is 5.70. The van der Waals surface area contributed by atoms with Crippen LogP contribution in [0.3, 0.4) is 0 Å². The second kappa shape index (κ2) is 7.73. The molecule has 0 radical (unpaired) electrons. The molecular formula is C16H23N5O2. The van der Waals surface area contributed by atoms with Crippen molar-refractivity contribution in [3.63, 3.8) is 0 Å². The predicted octanol–water partition coefficient (Wildman–Crippen LogP) is 1.62. The van der Waals surface area contributed by atoms with Crippen LogP contribution in [0.15, 0.2) is 36.8 Å². The molecule has 0 spiro atoms. The Balaban J connectivity index is 1.86. The van der Waals surface area contributed by atoms with E-state index in [0.29, 0.717) is 25.2 Å². The van der Waals surface area contributed by atoms with Crippen LogP contribution in [-0.2, 0) is 6.54 Å². The Bertz CT molecular complexity index is 623. The fraction of sp³-hybridized carbons (Fsp3) is 0.438. The maximum atomic E-state index is 11.8. The van der Waals surface area contributed by atoms with Crippen molar-refractivity contribution in [1.82, 2.24) is 25.4 Å². The lowest BCUT2D eigenvalue weighted by Crippen LogP contribution is -2.45. The summed E-state index contributed by atoms with van der Waals surface area (Å²) in [5, 5.41) is 19.7. The smallest absolute Gasteiger partial charge is 0.315 e. The number of aromatic nitrogens is 3. The van der Waals surface area contributed by atoms with E-state index < -0.39 is 5.60 Å². The number of urea groups is 1. The molecule has 2 aromatic heterocycles. The van der Waals surface area contributed by atoms with Gasteiger partial charge < -0.3 is 15.7 Å². The lowest BCUT2D eigenvalue weighted by atomic mass is 9.98. The van der Waals surface area contributed by atoms with Crippen LogP contribution in [0.1, 0.15) is 32.3 Å². The van der Waals surface area contributed by atoms with Gasteiger partial charge in [0.25, 0.3) is 0 Å². The van der Waals surface area contributed by atoms with Crippen LogP contribution in [0.5, 0.6) is 0 Å². The summed E-state index contributed by atoms with van der Waals surface area (Å²) in [5.74, 6) is 0.695. The van der Waals surface area contributed by atoms with E-state index in [9.17, 15) is 9.90 Å². The number of carbonyl (C=O) groups is 1. The molecule has 23 heavy (non-hydrogen) atoms. The van der Waals surface area contributed by atoms with Crippen LogP contribution in [-0.4, -0.2) is 38.0 Å². The van der Waals surface area contributed by atoms with E-state index in [-0.39, 0.29) is 12.6 Å². The fourth-order valence-electron chi connectivity index (χ4n) is 2.09. The lowest BCUT2D eigenvalue weighted by molar-refractivity contribution is 0.0349. The van der Waals surface area contributed by atoms with E-state index in [4.69, 9.17) is 0 Å². The maximum absolute atomic E-state index is 11.8. The van der Waals surface area contributed by atoms with Crippen molar-refractivity contribution in [3.05, 3.63) is 42.4 Å². The number of hydrogen-bond acceptors (Lipinski definition) is 4. The van der Waals surface area contributed by atoms with E-state index >= 15 is 0 Å². The van der Waals surface area contributed by atoms with Crippen molar-refractivity contribution < 1.29 is 9.90 Å². The minimum atomic E-state index is -0.846. The molecule has 0 fully saturated rings. The third kappa shape index (κ3) is 4.79. The Morgan fingerprint density at radius 2 is 2.09 bits per heavy atom. The second-order valence-electron chi connectivity index (χ2n) is 5.44. The number of aliphatic hydroxyl groups is 1. The number of nitrogens with zero attached hydrogens (tertiary/aromatic N) is 3. The molecule has 0 unspecified atom stereocenters. The predicted molar refractivity (Wildman–Crippen MR) is 87.1 cm³/mol. The quantitative estimate of drug-likeness (QED) is 0.723. The van der Waals surface area contributed by atoms with Crippen molar-refractivity contribution in [2.45, 2.75) is 38.8 Å². The van der Waals surface area contributed by atoms with Crippen LogP contribution in [0.25, 0.3) is 5.82 Å². The number of hydrogen-bond donors (Lipinski definition) is 3. The van der Waals surface area contributed by atoms with E-state index in [0.717, 1.165) is 5.56 Å². The Morgan fingerprint density at radius 1 is 1.30 bits per heavy atom. The summed E-state index contributed by atoms with van der Waals surface area (Å²) in [7, 11) is 0. The van der Waals surface area contributed by atoms with E-state index in [1.54, 1.807) is 17.1 Å². The number of pyridine rings is 1. The normalized spacial score (nSPS) is 11.3. The van der Waals surface area contributed by atoms with Crippen LogP contribution in [0, 0.1) is 0 Å². The minimum Gasteiger partial charge on any atom is -0.388 e. The van der Waals surface area contributed by atoms with Gasteiger partial charge in [-0.1, -0.05) is 13.8 Å². The molecular weight excluding hydrogens is 294 g/mol. The van der Waals surface area contributed by atoms with Crippen molar-refractivity contribution in [2.75, 3.05) is 6.54 Å². The zero-order chi connectivity index (χ0) is 16.7. The van der Waals surface area contributed by atoms with Crippen molar-refractivity contribution in [1.29, 1.82) is 0 Å². The number of nitrogens with one attached hydrogen (secondary N) is 2. The monoisotopic (exact) mass is 317 g/mol. The van der Waals surface area contributed by atoms with Gasteiger partial charge in [-0.25, -0.2) is 14.5 Å². The van der Waals surface area contributed by atoms with Gasteiger partial charge in [-0.05, 0) is 36.6 Å². The van der Waals surface area contributed by atoms with Gasteiger partial charge in [-0.15, -0.1) is 0 Å². The average molecular weight is 317 g/mol. The van der Waals surface area contributed by atoms with E-state index in [2.05, 4.69) is 20.7 Å². The van der Waals surface area contributed by atoms with Gasteiger partial charge in [0.1, 0.15) is 0 Å². The Labute approximate surface area is 135 Å². The summed E-state index contributed by atoms with van der Waals surface area (Å²) < 4.78 is 1.66. The highest BCUT2D eigenvalue weighted by Crippen LogP contribution is 2.12. The second-order valence-corrected chi connectivity index (χ2v) is 5.44. The molecule has 0 saturated carbocycles. The van der Waals surface area contributed by atoms with Crippen LogP contribution in [0.4, 0.5) is 4.79 Å². The summed E-state index contributed by atoms with van der Waals surface area (Å²) in [6, 6.07) is 5.22. The molecule has 7 heteroatoms. The average Bonchev–Trinajstić information content (AvgIpc) is 3.13. The SMILES string of the molecule is CCC(O)(CC)CNC(=O)NCc1ccnc(-n2cccn2)c1. The molecule has 124 valence electrons. The summed E-state index contributed by atoms with van der Waals surface area (Å²) in [6.07, 6.45) is 6.37. The molecule has 2 amide bonds. The zero-order valence-electron chi connectivity index (χ0n) is 13.5. The van der Waals surface area contributed by atoms with Crippen molar-refractivity contribution in [2.24, 2.45) is 0 Å². The first kappa shape index (κ1) is 17.0. The lowest BCUT2D eigenvalue weighted by Gasteiger charge is -2.25. The number of amides is 2. The molecule has 0 aliphatic carbocycles. The maximum Gasteiger partial charge on any atom is 0.315 e. The van der Waals surface area contributed by atoms with Crippen molar-refractivity contribution in [3.8, 4) is 5.82 Å². The Morgan fingerprint density at radius 3 is 2.74 bits per heavy atom. The summed E-state index contributed by atoms with van der Waals surface area (Å²) >= 11 is 0. The third-order valence-electron chi connectivity index (χ3n) is 3.90. The van der Waals surface area contributed by atoms with Gasteiger partial charge in [0.05, 0.1) is 5.60 Å². The number of rotatable bonds is 7. The minimum absolute atomic E-state index is 0.237. The van der Waals surface area contributed by atoms with Crippen molar-refractivity contribution >= 4 is 6.03 Å². The zero-order valence-corrected chi connectivity index (χ0v) is 13.5. The molecule has 0 atom stereocenters. The van der Waals surface area contributed by atoms with Gasteiger partial charge in [-0.3, -0.25) is 0 Å². The van der Waals surface area contributed by atoms with Gasteiger partial charge in [0.15, 0.2) is 5.82 Å². The summed E-state index contributed by atoms with van der Waals surface area (Å²) in [5.41, 5.74) is 0.0725. The first-order valence-electron chi connectivity index (χ1n) is 7.75. The molecule has 0 saturated heterocycles. The van der Waals surface area contributed by atoms with Crippen LogP contribution >= 0.6 is 0 Å². The molecule has 0 aliphatic heterocycles. The Hall–Kier alpha value is -2.41. The van der Waals surface area contributed by atoms with Gasteiger partial charge in [-0.2, -0.15) is 5.10 Å². The topological polar surface area (TPSA) is 92.1 Å². The van der Waals surface area contributed by atoms with Gasteiger partial charge in [0, 0.05) is 31.7 Å². The number of carbonyl (C=O) groups excluding carboxylic acids is 1. The highest BCUT2D eigenvalue weighted by Gasteiger charge is 2.22. The molecule has 0 aromatic carbocycles. The highest BCUT2D eigenvalue weighted by atomic mass is 16.3. The summed E-state index contributed by atoms with van der Waals surface area (Å²) in [4.78, 5) is 16.1. The molecule has 3 N–H and O–H groups in total. The standard InChI is InChI=1S/C16H23N5O2/c1-3-16(23,4-2)12-19-15(22)18-11-13-6-8-17-14(10-13)21-9-5-7-20-21/h5-10,23H,3-4,11-12H2,1-2H3,(H2,18,19,22). The molecule has 0 aliphatic rings. The molecule has 2 aromatic rings. The fourth-order valence-corrected chi connectivity index (χ4v) is 2.09. The molecule has 7 nitrogen and oxygen atoms in total.